The first kappa shape index (κ1) is 33.2. The van der Waals surface area contributed by atoms with Crippen LogP contribution in [0.15, 0.2) is 12.2 Å². The topological polar surface area (TPSA) is 26.3 Å². The lowest BCUT2D eigenvalue weighted by Crippen LogP contribution is -2.05. The SMILES string of the molecule is CCCCCCCC/C=C/CCCCCCCCCCCC(=O)OCCCCCCCCCC. The number of allylic oxidation sites excluding steroid dienone is 2. The van der Waals surface area contributed by atoms with E-state index in [-0.39, 0.29) is 5.97 Å². The van der Waals surface area contributed by atoms with Gasteiger partial charge < -0.3 is 4.74 Å². The van der Waals surface area contributed by atoms with Crippen LogP contribution in [-0.4, -0.2) is 12.6 Å². The van der Waals surface area contributed by atoms with Crippen LogP contribution in [0.3, 0.4) is 0 Å². The van der Waals surface area contributed by atoms with Gasteiger partial charge in [0.2, 0.25) is 0 Å². The normalized spacial score (nSPS) is 11.5. The molecule has 34 heavy (non-hydrogen) atoms. The molecule has 0 aliphatic carbocycles. The molecule has 0 spiro atoms. The third-order valence-electron chi connectivity index (χ3n) is 6.90. The number of ether oxygens (including phenoxy) is 1. The van der Waals surface area contributed by atoms with Gasteiger partial charge in [0.05, 0.1) is 6.61 Å². The molecule has 0 rings (SSSR count). The molecule has 0 amide bonds. The first-order valence-corrected chi connectivity index (χ1v) is 15.6. The van der Waals surface area contributed by atoms with Crippen LogP contribution in [0.4, 0.5) is 0 Å². The standard InChI is InChI=1S/C32H62O2/c1-3-5-7-9-11-13-14-15-16-17-18-19-20-21-22-23-24-26-28-30-32(33)34-31-29-27-25-12-10-8-6-4-2/h15-16H,3-14,17-31H2,1-2H3/b16-15+. The van der Waals surface area contributed by atoms with E-state index in [0.29, 0.717) is 13.0 Å². The Bertz CT molecular complexity index is 415. The van der Waals surface area contributed by atoms with Gasteiger partial charge in [-0.3, -0.25) is 4.79 Å². The lowest BCUT2D eigenvalue weighted by molar-refractivity contribution is -0.143. The van der Waals surface area contributed by atoms with Gasteiger partial charge in [-0.15, -0.1) is 0 Å². The predicted molar refractivity (Wildman–Crippen MR) is 151 cm³/mol. The molecule has 202 valence electrons. The summed E-state index contributed by atoms with van der Waals surface area (Å²) in [6.07, 6.45) is 38.3. The van der Waals surface area contributed by atoms with Gasteiger partial charge in [-0.25, -0.2) is 0 Å². The van der Waals surface area contributed by atoms with Crippen molar-refractivity contribution in [1.29, 1.82) is 0 Å². The molecule has 0 atom stereocenters. The average molecular weight is 479 g/mol. The summed E-state index contributed by atoms with van der Waals surface area (Å²) in [4.78, 5) is 11.8. The maximum absolute atomic E-state index is 11.8. The summed E-state index contributed by atoms with van der Waals surface area (Å²) in [5, 5.41) is 0. The molecule has 0 radical (unpaired) electrons. The number of carbonyl (C=O) groups excluding carboxylic acids is 1. The zero-order valence-electron chi connectivity index (χ0n) is 23.6. The molecule has 0 aliphatic heterocycles. The van der Waals surface area contributed by atoms with E-state index in [1.807, 2.05) is 0 Å². The van der Waals surface area contributed by atoms with Crippen molar-refractivity contribution in [2.45, 2.75) is 181 Å². The van der Waals surface area contributed by atoms with E-state index in [1.54, 1.807) is 0 Å². The van der Waals surface area contributed by atoms with Crippen LogP contribution < -0.4 is 0 Å². The van der Waals surface area contributed by atoms with Crippen molar-refractivity contribution in [3.8, 4) is 0 Å². The lowest BCUT2D eigenvalue weighted by atomic mass is 10.1. The molecule has 0 saturated heterocycles. The molecule has 0 unspecified atom stereocenters. The quantitative estimate of drug-likeness (QED) is 0.0634. The maximum Gasteiger partial charge on any atom is 0.305 e. The zero-order chi connectivity index (χ0) is 24.8. The summed E-state index contributed by atoms with van der Waals surface area (Å²) >= 11 is 0. The van der Waals surface area contributed by atoms with Crippen LogP contribution in [0.2, 0.25) is 0 Å². The Balaban J connectivity index is 3.17. The van der Waals surface area contributed by atoms with Gasteiger partial charge in [0.15, 0.2) is 0 Å². The summed E-state index contributed by atoms with van der Waals surface area (Å²) in [7, 11) is 0. The Kier molecular flexibility index (Phi) is 29.5. The largest absolute Gasteiger partial charge is 0.466 e. The van der Waals surface area contributed by atoms with Gasteiger partial charge in [0.1, 0.15) is 0 Å². The van der Waals surface area contributed by atoms with Gasteiger partial charge in [0, 0.05) is 6.42 Å². The first-order chi connectivity index (χ1) is 16.8. The number of esters is 1. The van der Waals surface area contributed by atoms with Gasteiger partial charge in [0.25, 0.3) is 0 Å². The molecule has 0 aromatic carbocycles. The highest BCUT2D eigenvalue weighted by Crippen LogP contribution is 2.13. The second-order valence-corrected chi connectivity index (χ2v) is 10.4. The summed E-state index contributed by atoms with van der Waals surface area (Å²) in [5.41, 5.74) is 0. The highest BCUT2D eigenvalue weighted by molar-refractivity contribution is 5.69. The van der Waals surface area contributed by atoms with E-state index in [4.69, 9.17) is 4.74 Å². The Labute approximate surface area is 215 Å². The Morgan fingerprint density at radius 3 is 1.26 bits per heavy atom. The van der Waals surface area contributed by atoms with Crippen LogP contribution in [0.5, 0.6) is 0 Å². The number of unbranched alkanes of at least 4 members (excludes halogenated alkanes) is 22. The molecule has 0 aromatic heterocycles. The van der Waals surface area contributed by atoms with Gasteiger partial charge >= 0.3 is 5.97 Å². The van der Waals surface area contributed by atoms with Gasteiger partial charge in [-0.2, -0.15) is 0 Å². The number of hydrogen-bond donors (Lipinski definition) is 0. The van der Waals surface area contributed by atoms with E-state index in [9.17, 15) is 4.79 Å². The Morgan fingerprint density at radius 2 is 0.824 bits per heavy atom. The van der Waals surface area contributed by atoms with Crippen molar-refractivity contribution < 1.29 is 9.53 Å². The van der Waals surface area contributed by atoms with Crippen molar-refractivity contribution in [3.05, 3.63) is 12.2 Å². The number of rotatable bonds is 28. The highest BCUT2D eigenvalue weighted by Gasteiger charge is 2.02. The summed E-state index contributed by atoms with van der Waals surface area (Å²) in [5.74, 6) is 0.0176. The lowest BCUT2D eigenvalue weighted by Gasteiger charge is -2.05. The molecule has 0 bridgehead atoms. The third-order valence-corrected chi connectivity index (χ3v) is 6.90. The van der Waals surface area contributed by atoms with Crippen molar-refractivity contribution in [1.82, 2.24) is 0 Å². The summed E-state index contributed by atoms with van der Waals surface area (Å²) < 4.78 is 5.38. The summed E-state index contributed by atoms with van der Waals surface area (Å²) in [6.45, 7) is 5.17. The van der Waals surface area contributed by atoms with Crippen LogP contribution in [0.1, 0.15) is 181 Å². The minimum absolute atomic E-state index is 0.0176. The zero-order valence-corrected chi connectivity index (χ0v) is 23.6. The minimum atomic E-state index is 0.0176. The molecule has 2 heteroatoms. The average Bonchev–Trinajstić information content (AvgIpc) is 2.84. The van der Waals surface area contributed by atoms with E-state index >= 15 is 0 Å². The summed E-state index contributed by atoms with van der Waals surface area (Å²) in [6, 6.07) is 0. The van der Waals surface area contributed by atoms with Gasteiger partial charge in [-0.05, 0) is 38.5 Å². The molecule has 0 aliphatic rings. The molecular weight excluding hydrogens is 416 g/mol. The smallest absolute Gasteiger partial charge is 0.305 e. The first-order valence-electron chi connectivity index (χ1n) is 15.6. The van der Waals surface area contributed by atoms with Crippen LogP contribution in [0.25, 0.3) is 0 Å². The number of carbonyl (C=O) groups is 1. The maximum atomic E-state index is 11.8. The fourth-order valence-corrected chi connectivity index (χ4v) is 4.54. The Hall–Kier alpha value is -0.790. The van der Waals surface area contributed by atoms with Gasteiger partial charge in [-0.1, -0.05) is 148 Å². The number of hydrogen-bond acceptors (Lipinski definition) is 2. The van der Waals surface area contributed by atoms with E-state index in [0.717, 1.165) is 12.8 Å². The van der Waals surface area contributed by atoms with Crippen LogP contribution >= 0.6 is 0 Å². The van der Waals surface area contributed by atoms with E-state index in [1.165, 1.54) is 148 Å². The fourth-order valence-electron chi connectivity index (χ4n) is 4.54. The van der Waals surface area contributed by atoms with E-state index < -0.39 is 0 Å². The molecule has 0 aromatic rings. The highest BCUT2D eigenvalue weighted by atomic mass is 16.5. The molecule has 0 N–H and O–H groups in total. The van der Waals surface area contributed by atoms with Crippen molar-refractivity contribution in [3.63, 3.8) is 0 Å². The molecular formula is C32H62O2. The van der Waals surface area contributed by atoms with Crippen molar-refractivity contribution >= 4 is 5.97 Å². The Morgan fingerprint density at radius 1 is 0.471 bits per heavy atom. The second kappa shape index (κ2) is 30.2. The molecule has 2 nitrogen and oxygen atoms in total. The fraction of sp³-hybridized carbons (Fsp3) is 0.906. The molecule has 0 heterocycles. The minimum Gasteiger partial charge on any atom is -0.466 e. The van der Waals surface area contributed by atoms with Crippen LogP contribution in [-0.2, 0) is 9.53 Å². The van der Waals surface area contributed by atoms with E-state index in [2.05, 4.69) is 26.0 Å². The molecule has 0 saturated carbocycles. The third kappa shape index (κ3) is 29.2. The predicted octanol–water partition coefficient (Wildman–Crippen LogP) is 11.3. The van der Waals surface area contributed by atoms with Crippen molar-refractivity contribution in [2.75, 3.05) is 6.61 Å². The van der Waals surface area contributed by atoms with Crippen molar-refractivity contribution in [2.24, 2.45) is 0 Å². The second-order valence-electron chi connectivity index (χ2n) is 10.4. The molecule has 0 fully saturated rings. The van der Waals surface area contributed by atoms with Crippen LogP contribution in [0, 0.1) is 0 Å². The monoisotopic (exact) mass is 478 g/mol.